The molecular weight excluding hydrogens is 279 g/mol. The van der Waals surface area contributed by atoms with Crippen molar-refractivity contribution < 1.29 is 24.4 Å². The molecule has 0 spiro atoms. The lowest BCUT2D eigenvalue weighted by Crippen LogP contribution is -2.48. The topological polar surface area (TPSA) is 108 Å². The molecule has 2 heterocycles. The number of hydrogen-bond acceptors (Lipinski definition) is 6. The van der Waals surface area contributed by atoms with E-state index in [1.807, 2.05) is 0 Å². The lowest BCUT2D eigenvalue weighted by Gasteiger charge is -2.26. The molecule has 0 aromatic carbocycles. The van der Waals surface area contributed by atoms with Crippen molar-refractivity contribution in [2.24, 2.45) is 0 Å². The molecule has 0 bridgehead atoms. The van der Waals surface area contributed by atoms with Gasteiger partial charge in [0.25, 0.3) is 5.56 Å². The molecule has 9 heteroatoms. The second-order valence-corrected chi connectivity index (χ2v) is 4.70. The Morgan fingerprint density at radius 1 is 1.58 bits per heavy atom. The van der Waals surface area contributed by atoms with E-state index in [-0.39, 0.29) is 4.77 Å². The summed E-state index contributed by atoms with van der Waals surface area (Å²) in [6, 6.07) is 1.15. The predicted molar refractivity (Wildman–Crippen MR) is 63.8 cm³/mol. The molecule has 106 valence electrons. The Labute approximate surface area is 111 Å². The molecule has 1 saturated heterocycles. The summed E-state index contributed by atoms with van der Waals surface area (Å²) in [5.41, 5.74) is -2.33. The molecule has 4 atom stereocenters. The summed E-state index contributed by atoms with van der Waals surface area (Å²) >= 11 is 4.89. The molecule has 4 unspecified atom stereocenters. The van der Waals surface area contributed by atoms with Crippen molar-refractivity contribution in [1.82, 2.24) is 9.55 Å². The summed E-state index contributed by atoms with van der Waals surface area (Å²) in [5, 5.41) is 28.8. The van der Waals surface area contributed by atoms with Crippen molar-refractivity contribution in [3.05, 3.63) is 27.4 Å². The molecule has 4 N–H and O–H groups in total. The van der Waals surface area contributed by atoms with Gasteiger partial charge in [-0.15, -0.1) is 0 Å². The standard InChI is InChI=1S/C10H13FN2O5S/c11-3-10(4-14)7(17)6(16)8(18-10)13-2-1-5(15)12-9(13)19/h1-2,6-8,14,16-17H,3-4H2,(H,12,15,19). The summed E-state index contributed by atoms with van der Waals surface area (Å²) in [6.45, 7) is -1.97. The van der Waals surface area contributed by atoms with Gasteiger partial charge in [0.05, 0.1) is 6.61 Å². The third kappa shape index (κ3) is 2.23. The van der Waals surface area contributed by atoms with Crippen molar-refractivity contribution in [1.29, 1.82) is 0 Å². The molecule has 1 aliphatic heterocycles. The molecule has 0 radical (unpaired) electrons. The average molecular weight is 292 g/mol. The number of H-pyrrole nitrogens is 1. The number of ether oxygens (including phenoxy) is 1. The summed E-state index contributed by atoms with van der Waals surface area (Å²) in [6.07, 6.45) is -3.03. The van der Waals surface area contributed by atoms with Crippen molar-refractivity contribution in [2.45, 2.75) is 24.0 Å². The Morgan fingerprint density at radius 3 is 2.74 bits per heavy atom. The van der Waals surface area contributed by atoms with Gasteiger partial charge in [-0.05, 0) is 12.2 Å². The largest absolute Gasteiger partial charge is 0.393 e. The maximum absolute atomic E-state index is 13.0. The van der Waals surface area contributed by atoms with Crippen molar-refractivity contribution >= 4 is 12.2 Å². The monoisotopic (exact) mass is 292 g/mol. The minimum Gasteiger partial charge on any atom is -0.393 e. The van der Waals surface area contributed by atoms with E-state index in [1.54, 1.807) is 0 Å². The van der Waals surface area contributed by atoms with Gasteiger partial charge in [-0.1, -0.05) is 0 Å². The van der Waals surface area contributed by atoms with Crippen LogP contribution in [-0.4, -0.2) is 56.0 Å². The van der Waals surface area contributed by atoms with E-state index in [0.717, 1.165) is 6.07 Å². The number of alkyl halides is 1. The van der Waals surface area contributed by atoms with Crippen molar-refractivity contribution in [3.8, 4) is 0 Å². The Kier molecular flexibility index (Phi) is 3.83. The number of halogens is 1. The molecule has 7 nitrogen and oxygen atoms in total. The van der Waals surface area contributed by atoms with Gasteiger partial charge in [0.2, 0.25) is 0 Å². The molecule has 1 aromatic heterocycles. The molecule has 0 aliphatic carbocycles. The van der Waals surface area contributed by atoms with Crippen molar-refractivity contribution in [2.75, 3.05) is 13.3 Å². The van der Waals surface area contributed by atoms with Crippen LogP contribution in [0.5, 0.6) is 0 Å². The first-order chi connectivity index (χ1) is 8.95. The summed E-state index contributed by atoms with van der Waals surface area (Å²) < 4.78 is 19.3. The SMILES string of the molecule is O=c1ccn(C2OC(CO)(CF)C(O)C2O)c(=S)[nH]1. The van der Waals surface area contributed by atoms with E-state index < -0.39 is 42.9 Å². The van der Waals surface area contributed by atoms with E-state index >= 15 is 0 Å². The maximum atomic E-state index is 13.0. The second-order valence-electron chi connectivity index (χ2n) is 4.32. The average Bonchev–Trinajstić information content (AvgIpc) is 2.64. The van der Waals surface area contributed by atoms with Crippen LogP contribution in [-0.2, 0) is 4.74 Å². The lowest BCUT2D eigenvalue weighted by atomic mass is 9.98. The lowest BCUT2D eigenvalue weighted by molar-refractivity contribution is -0.138. The van der Waals surface area contributed by atoms with Crippen molar-refractivity contribution in [3.63, 3.8) is 0 Å². The van der Waals surface area contributed by atoms with E-state index in [2.05, 4.69) is 4.98 Å². The van der Waals surface area contributed by atoms with Gasteiger partial charge in [-0.2, -0.15) is 0 Å². The highest BCUT2D eigenvalue weighted by Crippen LogP contribution is 2.37. The number of nitrogens with one attached hydrogen (secondary N) is 1. The molecule has 0 saturated carbocycles. The van der Waals surface area contributed by atoms with E-state index in [9.17, 15) is 19.4 Å². The Hall–Kier alpha value is -1.13. The van der Waals surface area contributed by atoms with Gasteiger partial charge in [0.15, 0.2) is 16.6 Å². The summed E-state index contributed by atoms with van der Waals surface area (Å²) in [7, 11) is 0. The van der Waals surface area contributed by atoms with Crippen LogP contribution in [0.2, 0.25) is 0 Å². The first-order valence-corrected chi connectivity index (χ1v) is 5.88. The van der Waals surface area contributed by atoms with Gasteiger partial charge in [0.1, 0.15) is 18.9 Å². The minimum absolute atomic E-state index is 0.0450. The number of hydrogen-bond donors (Lipinski definition) is 4. The highest BCUT2D eigenvalue weighted by molar-refractivity contribution is 7.71. The van der Waals surface area contributed by atoms with E-state index in [4.69, 9.17) is 22.1 Å². The second kappa shape index (κ2) is 5.10. The Bertz CT molecular complexity index is 570. The number of aromatic nitrogens is 2. The molecular formula is C10H13FN2O5S. The zero-order valence-corrected chi connectivity index (χ0v) is 10.5. The molecule has 1 fully saturated rings. The fraction of sp³-hybridized carbons (Fsp3) is 0.600. The number of aromatic amines is 1. The summed E-state index contributed by atoms with van der Waals surface area (Å²) in [5.74, 6) is 0. The Morgan fingerprint density at radius 2 is 2.26 bits per heavy atom. The van der Waals surface area contributed by atoms with E-state index in [1.165, 1.54) is 10.8 Å². The van der Waals surface area contributed by atoms with Crippen LogP contribution >= 0.6 is 12.2 Å². The van der Waals surface area contributed by atoms with Crippen LogP contribution in [0, 0.1) is 4.77 Å². The first-order valence-electron chi connectivity index (χ1n) is 5.47. The number of rotatable bonds is 3. The van der Waals surface area contributed by atoms with Crippen LogP contribution in [0.1, 0.15) is 6.23 Å². The fourth-order valence-corrected chi connectivity index (χ4v) is 2.25. The molecule has 1 aliphatic rings. The predicted octanol–water partition coefficient (Wildman–Crippen LogP) is -1.14. The van der Waals surface area contributed by atoms with Gasteiger partial charge in [-0.3, -0.25) is 14.3 Å². The van der Waals surface area contributed by atoms with E-state index in [0.29, 0.717) is 0 Å². The zero-order valence-electron chi connectivity index (χ0n) is 9.69. The van der Waals surface area contributed by atoms with Gasteiger partial charge in [0, 0.05) is 12.3 Å². The number of aliphatic hydroxyl groups excluding tert-OH is 3. The molecule has 19 heavy (non-hydrogen) atoms. The normalized spacial score (nSPS) is 34.6. The van der Waals surface area contributed by atoms with Gasteiger partial charge in [-0.25, -0.2) is 4.39 Å². The third-order valence-corrected chi connectivity index (χ3v) is 3.44. The van der Waals surface area contributed by atoms with Crippen LogP contribution < -0.4 is 5.56 Å². The first kappa shape index (κ1) is 14.3. The smallest absolute Gasteiger partial charge is 0.251 e. The Balaban J connectivity index is 2.42. The minimum atomic E-state index is -1.89. The molecule has 1 aromatic rings. The number of nitrogens with zero attached hydrogens (tertiary/aromatic N) is 1. The molecule has 0 amide bonds. The van der Waals surface area contributed by atoms with Crippen LogP contribution in [0.3, 0.4) is 0 Å². The quantitative estimate of drug-likeness (QED) is 0.524. The highest BCUT2D eigenvalue weighted by atomic mass is 32.1. The zero-order chi connectivity index (χ0) is 14.2. The van der Waals surface area contributed by atoms with Crippen LogP contribution in [0.4, 0.5) is 4.39 Å². The van der Waals surface area contributed by atoms with Gasteiger partial charge < -0.3 is 20.1 Å². The van der Waals surface area contributed by atoms with Gasteiger partial charge >= 0.3 is 0 Å². The third-order valence-electron chi connectivity index (χ3n) is 3.13. The highest BCUT2D eigenvalue weighted by Gasteiger charge is 2.55. The molecule has 2 rings (SSSR count). The maximum Gasteiger partial charge on any atom is 0.251 e. The summed E-state index contributed by atoms with van der Waals surface area (Å²) in [4.78, 5) is 13.4. The van der Waals surface area contributed by atoms with Crippen LogP contribution in [0.15, 0.2) is 17.1 Å². The van der Waals surface area contributed by atoms with Crippen LogP contribution in [0.25, 0.3) is 0 Å². The fourth-order valence-electron chi connectivity index (χ4n) is 1.98. The number of aliphatic hydroxyl groups is 3.